The molecule has 0 bridgehead atoms. The molecule has 4 fully saturated rings. The SMILES string of the molecule is COc1cc(/C=C/C(=O)OC[C@@H]2O[C@@H](OC3=Cc4c(cc(O)cc4O[C@@H]4O[C@H](CO)[C@@H](O)[C@H](O)[C@@H]4O)OC3c3ccc(O)c(O)c3)[C@H](O[C@@H]3O[C@@H](CO)[C@@H](O)[C@H](O)[C@H]3O)[C@H](O)[C@@H]2O)ccc1O[C@@H]1O[C@H](CO)[C@@H](O)[C@H](O)[C@H]1O. The molecule has 430 valence electrons. The topological polar surface area (TPSA) is 463 Å². The van der Waals surface area contributed by atoms with Crippen molar-refractivity contribution in [2.24, 2.45) is 0 Å². The number of carbonyl (C=O) groups is 1. The Morgan fingerprint density at radius 1 is 0.551 bits per heavy atom. The predicted octanol–water partition coefficient (Wildman–Crippen LogP) is -5.45. The van der Waals surface area contributed by atoms with E-state index < -0.39 is 179 Å². The average Bonchev–Trinajstić information content (AvgIpc) is 3.55. The number of methoxy groups -OCH3 is 1. The summed E-state index contributed by atoms with van der Waals surface area (Å²) in [4.78, 5) is 13.2. The van der Waals surface area contributed by atoms with Gasteiger partial charge < -0.3 is 139 Å². The van der Waals surface area contributed by atoms with Crippen molar-refractivity contribution in [2.75, 3.05) is 33.5 Å². The van der Waals surface area contributed by atoms with Gasteiger partial charge in [-0.2, -0.15) is 0 Å². The number of phenolic OH excluding ortho intramolecular Hbond substituents is 3. The molecule has 5 aliphatic rings. The fourth-order valence-electron chi connectivity index (χ4n) is 8.95. The van der Waals surface area contributed by atoms with E-state index in [1.54, 1.807) is 0 Å². The molecule has 5 heterocycles. The van der Waals surface area contributed by atoms with E-state index in [4.69, 9.17) is 52.1 Å². The lowest BCUT2D eigenvalue weighted by Gasteiger charge is -2.46. The first-order valence-electron chi connectivity index (χ1n) is 24.0. The number of phenols is 3. The van der Waals surface area contributed by atoms with Crippen LogP contribution < -0.4 is 18.9 Å². The molecule has 0 aromatic heterocycles. The number of fused-ring (bicyclic) bond motifs is 1. The number of aromatic hydroxyl groups is 3. The molecule has 0 aliphatic carbocycles. The van der Waals surface area contributed by atoms with Gasteiger partial charge in [-0.25, -0.2) is 4.79 Å². The Morgan fingerprint density at radius 2 is 1.10 bits per heavy atom. The molecule has 0 spiro atoms. The Balaban J connectivity index is 1.07. The lowest BCUT2D eigenvalue weighted by Crippen LogP contribution is -2.64. The molecule has 0 radical (unpaired) electrons. The zero-order valence-electron chi connectivity index (χ0n) is 40.8. The molecule has 0 saturated carbocycles. The number of carbonyl (C=O) groups excluding carboxylic acids is 1. The smallest absolute Gasteiger partial charge is 0.330 e. The fraction of sp³-hybridized carbons (Fsp3) is 0.531. The number of benzene rings is 3. The molecule has 3 aromatic rings. The molecule has 5 aliphatic heterocycles. The molecular formula is C49H60O29. The molecular weight excluding hydrogens is 1050 g/mol. The maximum absolute atomic E-state index is 13.2. The highest BCUT2D eigenvalue weighted by molar-refractivity contribution is 5.87. The monoisotopic (exact) mass is 1110 g/mol. The van der Waals surface area contributed by atoms with Gasteiger partial charge in [-0.3, -0.25) is 0 Å². The van der Waals surface area contributed by atoms with Crippen molar-refractivity contribution in [3.63, 3.8) is 0 Å². The molecule has 4 saturated heterocycles. The number of ether oxygens (including phenoxy) is 11. The molecule has 17 N–H and O–H groups in total. The summed E-state index contributed by atoms with van der Waals surface area (Å²) in [6.07, 6.45) is -34.1. The van der Waals surface area contributed by atoms with Crippen LogP contribution >= 0.6 is 0 Å². The van der Waals surface area contributed by atoms with E-state index in [1.165, 1.54) is 43.5 Å². The summed E-state index contributed by atoms with van der Waals surface area (Å²) < 4.78 is 63.5. The van der Waals surface area contributed by atoms with E-state index in [1.807, 2.05) is 0 Å². The molecule has 78 heavy (non-hydrogen) atoms. The number of esters is 1. The zero-order valence-corrected chi connectivity index (χ0v) is 40.8. The molecule has 21 atom stereocenters. The quantitative estimate of drug-likeness (QED) is 0.0341. The zero-order chi connectivity index (χ0) is 56.4. The van der Waals surface area contributed by atoms with Crippen molar-refractivity contribution in [3.8, 4) is 40.2 Å². The third kappa shape index (κ3) is 12.2. The largest absolute Gasteiger partial charge is 0.508 e. The standard InChI is InChI=1S/C49H60O29/c1-68-26-8-17(2-6-23(26)71-46-41(65)37(61)33(57)28(13-50)74-46)3-7-32(56)69-16-31-36(60)40(64)45(78-48-43(67)39(63)35(59)30(15-52)76-48)49(77-31)73-27-12-20-24(70-44(27)18-4-5-21(54)22(55)9-18)10-19(53)11-25(20)72-47-42(66)38(62)34(58)29(14-51)75-47/h2-12,28-31,33-55,57-67H,13-16H2,1H3/b7-3+/t28-,29-,30+,31+,33-,34-,35-,36-,37+,38+,39+,40-,41-,42+,43-,44?,45-,46-,47-,48+,49-/m1/s1. The first-order valence-corrected chi connectivity index (χ1v) is 24.0. The lowest BCUT2D eigenvalue weighted by atomic mass is 9.97. The number of hydrogen-bond acceptors (Lipinski definition) is 29. The summed E-state index contributed by atoms with van der Waals surface area (Å²) in [7, 11) is 1.28. The van der Waals surface area contributed by atoms with Crippen LogP contribution in [0.15, 0.2) is 60.4 Å². The molecule has 3 aromatic carbocycles. The van der Waals surface area contributed by atoms with E-state index in [0.29, 0.717) is 5.56 Å². The average molecular weight is 1110 g/mol. The van der Waals surface area contributed by atoms with Crippen LogP contribution in [0.25, 0.3) is 12.2 Å². The lowest BCUT2D eigenvalue weighted by molar-refractivity contribution is -0.364. The Kier molecular flexibility index (Phi) is 18.5. The first kappa shape index (κ1) is 58.4. The normalized spacial score (nSPS) is 36.9. The van der Waals surface area contributed by atoms with Gasteiger partial charge in [0.15, 0.2) is 41.5 Å². The number of hydrogen-bond donors (Lipinski definition) is 17. The second kappa shape index (κ2) is 24.7. The van der Waals surface area contributed by atoms with Gasteiger partial charge in [-0.1, -0.05) is 12.1 Å². The minimum absolute atomic E-state index is 0.0115. The maximum atomic E-state index is 13.2. The third-order valence-electron chi connectivity index (χ3n) is 13.4. The van der Waals surface area contributed by atoms with Crippen LogP contribution in [0.1, 0.15) is 22.8 Å². The first-order chi connectivity index (χ1) is 37.2. The maximum Gasteiger partial charge on any atom is 0.330 e. The van der Waals surface area contributed by atoms with Gasteiger partial charge >= 0.3 is 5.97 Å². The van der Waals surface area contributed by atoms with Crippen LogP contribution in [0.3, 0.4) is 0 Å². The Hall–Kier alpha value is -5.75. The minimum atomic E-state index is -2.14. The van der Waals surface area contributed by atoms with Crippen molar-refractivity contribution in [1.82, 2.24) is 0 Å². The van der Waals surface area contributed by atoms with E-state index in [9.17, 15) is 91.6 Å². The van der Waals surface area contributed by atoms with E-state index in [0.717, 1.165) is 30.3 Å². The van der Waals surface area contributed by atoms with Gasteiger partial charge in [0.1, 0.15) is 121 Å². The van der Waals surface area contributed by atoms with Crippen LogP contribution in [0, 0.1) is 0 Å². The molecule has 1 unspecified atom stereocenters. The van der Waals surface area contributed by atoms with Crippen LogP contribution in [0.5, 0.6) is 40.2 Å². The number of aliphatic hydroxyl groups is 14. The highest BCUT2D eigenvalue weighted by atomic mass is 16.8. The summed E-state index contributed by atoms with van der Waals surface area (Å²) in [6.45, 7) is -3.25. The Morgan fingerprint density at radius 3 is 1.68 bits per heavy atom. The van der Waals surface area contributed by atoms with Crippen molar-refractivity contribution in [3.05, 3.63) is 77.1 Å². The summed E-state index contributed by atoms with van der Waals surface area (Å²) >= 11 is 0. The molecule has 0 amide bonds. The summed E-state index contributed by atoms with van der Waals surface area (Å²) in [5, 5.41) is 178. The summed E-state index contributed by atoms with van der Waals surface area (Å²) in [6, 6.07) is 9.78. The Labute approximate surface area is 440 Å². The van der Waals surface area contributed by atoms with E-state index in [2.05, 4.69) is 0 Å². The van der Waals surface area contributed by atoms with Gasteiger partial charge in [-0.15, -0.1) is 0 Å². The van der Waals surface area contributed by atoms with E-state index >= 15 is 0 Å². The minimum Gasteiger partial charge on any atom is -0.508 e. The van der Waals surface area contributed by atoms with Crippen LogP contribution in [-0.4, -0.2) is 249 Å². The van der Waals surface area contributed by atoms with Crippen molar-refractivity contribution in [1.29, 1.82) is 0 Å². The second-order valence-corrected chi connectivity index (χ2v) is 18.6. The van der Waals surface area contributed by atoms with Gasteiger partial charge in [0.05, 0.1) is 32.5 Å². The van der Waals surface area contributed by atoms with Crippen molar-refractivity contribution in [2.45, 2.75) is 129 Å². The highest BCUT2D eigenvalue weighted by Crippen LogP contribution is 2.47. The van der Waals surface area contributed by atoms with Crippen LogP contribution in [-0.2, 0) is 38.0 Å². The fourth-order valence-corrected chi connectivity index (χ4v) is 8.95. The van der Waals surface area contributed by atoms with Gasteiger partial charge in [0.2, 0.25) is 18.9 Å². The van der Waals surface area contributed by atoms with Gasteiger partial charge in [-0.05, 0) is 42.0 Å². The number of rotatable bonds is 17. The second-order valence-electron chi connectivity index (χ2n) is 18.6. The molecule has 29 nitrogen and oxygen atoms in total. The highest BCUT2D eigenvalue weighted by Gasteiger charge is 2.53. The Bertz CT molecular complexity index is 2590. The number of aliphatic hydroxyl groups excluding tert-OH is 14. The van der Waals surface area contributed by atoms with Crippen LogP contribution in [0.2, 0.25) is 0 Å². The van der Waals surface area contributed by atoms with Crippen molar-refractivity contribution >= 4 is 18.1 Å². The van der Waals surface area contributed by atoms with E-state index in [-0.39, 0.29) is 39.9 Å². The van der Waals surface area contributed by atoms with Gasteiger partial charge in [0.25, 0.3) is 0 Å². The summed E-state index contributed by atoms with van der Waals surface area (Å²) in [5.74, 6) is -3.58. The van der Waals surface area contributed by atoms with Gasteiger partial charge in [0, 0.05) is 23.8 Å². The van der Waals surface area contributed by atoms with Crippen molar-refractivity contribution < 1.29 is 144 Å². The molecule has 8 rings (SSSR count). The molecule has 29 heteroatoms. The third-order valence-corrected chi connectivity index (χ3v) is 13.4. The van der Waals surface area contributed by atoms with Crippen LogP contribution in [0.4, 0.5) is 0 Å². The predicted molar refractivity (Wildman–Crippen MR) is 251 cm³/mol. The summed E-state index contributed by atoms with van der Waals surface area (Å²) in [5.41, 5.74) is 0.247.